The van der Waals surface area contributed by atoms with Crippen molar-refractivity contribution in [1.29, 1.82) is 0 Å². The standard InChI is InChI=1S/C55H105NO5/c1-3-5-7-9-11-13-15-16-24-28-31-35-39-43-47-53(58)52(51-57)56-54(59)48-44-40-36-32-29-25-22-20-18-17-19-21-23-26-30-34-38-42-46-50-61-55(60)49-45-41-37-33-27-14-12-10-8-6-4-2/h10,12,17-18,52-53,57-58H,3-9,11,13-16,19-51H2,1-2H3,(H,56,59)/b12-10-,18-17-. The summed E-state index contributed by atoms with van der Waals surface area (Å²) in [5.74, 6) is -0.0516. The minimum atomic E-state index is -0.669. The van der Waals surface area contributed by atoms with Crippen LogP contribution in [0.25, 0.3) is 0 Å². The Morgan fingerprint density at radius 3 is 1.21 bits per heavy atom. The number of allylic oxidation sites excluding steroid dienone is 4. The van der Waals surface area contributed by atoms with Crippen molar-refractivity contribution in [2.75, 3.05) is 13.2 Å². The number of amides is 1. The number of esters is 1. The highest BCUT2D eigenvalue weighted by Gasteiger charge is 2.20. The molecule has 3 N–H and O–H groups in total. The fourth-order valence-corrected chi connectivity index (χ4v) is 8.26. The highest BCUT2D eigenvalue weighted by Crippen LogP contribution is 2.16. The highest BCUT2D eigenvalue weighted by molar-refractivity contribution is 5.76. The number of rotatable bonds is 50. The lowest BCUT2D eigenvalue weighted by Gasteiger charge is -2.22. The Morgan fingerprint density at radius 1 is 0.443 bits per heavy atom. The molecule has 0 spiro atoms. The molecule has 0 bridgehead atoms. The van der Waals surface area contributed by atoms with Gasteiger partial charge >= 0.3 is 5.97 Å². The van der Waals surface area contributed by atoms with E-state index in [9.17, 15) is 19.8 Å². The maximum absolute atomic E-state index is 12.4. The molecule has 2 unspecified atom stereocenters. The van der Waals surface area contributed by atoms with Gasteiger partial charge in [-0.2, -0.15) is 0 Å². The molecule has 1 amide bonds. The Balaban J connectivity index is 3.45. The predicted octanol–water partition coefficient (Wildman–Crippen LogP) is 16.3. The third kappa shape index (κ3) is 47.7. The second-order valence-electron chi connectivity index (χ2n) is 18.6. The summed E-state index contributed by atoms with van der Waals surface area (Å²) in [5.41, 5.74) is 0. The number of hydrogen-bond donors (Lipinski definition) is 3. The minimum absolute atomic E-state index is 0.00729. The lowest BCUT2D eigenvalue weighted by atomic mass is 10.0. The summed E-state index contributed by atoms with van der Waals surface area (Å²) in [7, 11) is 0. The van der Waals surface area contributed by atoms with Crippen LogP contribution in [-0.2, 0) is 14.3 Å². The molecule has 0 aromatic rings. The van der Waals surface area contributed by atoms with Crippen LogP contribution in [0, 0.1) is 0 Å². The average molecular weight is 860 g/mol. The van der Waals surface area contributed by atoms with Gasteiger partial charge in [0.2, 0.25) is 5.91 Å². The third-order valence-corrected chi connectivity index (χ3v) is 12.5. The molecule has 0 aromatic carbocycles. The fourth-order valence-electron chi connectivity index (χ4n) is 8.26. The van der Waals surface area contributed by atoms with Crippen molar-refractivity contribution in [3.05, 3.63) is 24.3 Å². The summed E-state index contributed by atoms with van der Waals surface area (Å²) in [4.78, 5) is 24.4. The van der Waals surface area contributed by atoms with E-state index in [0.717, 1.165) is 44.9 Å². The number of hydrogen-bond acceptors (Lipinski definition) is 5. The number of unbranched alkanes of at least 4 members (excludes halogenated alkanes) is 35. The topological polar surface area (TPSA) is 95.9 Å². The first-order chi connectivity index (χ1) is 30.0. The van der Waals surface area contributed by atoms with Crippen LogP contribution >= 0.6 is 0 Å². The van der Waals surface area contributed by atoms with E-state index in [0.29, 0.717) is 25.9 Å². The van der Waals surface area contributed by atoms with Crippen molar-refractivity contribution < 1.29 is 24.5 Å². The first-order valence-corrected chi connectivity index (χ1v) is 27.1. The molecule has 360 valence electrons. The lowest BCUT2D eigenvalue weighted by molar-refractivity contribution is -0.143. The largest absolute Gasteiger partial charge is 0.466 e. The van der Waals surface area contributed by atoms with Crippen molar-refractivity contribution in [2.24, 2.45) is 0 Å². The zero-order chi connectivity index (χ0) is 44.4. The van der Waals surface area contributed by atoms with E-state index in [1.54, 1.807) is 0 Å². The van der Waals surface area contributed by atoms with E-state index in [1.165, 1.54) is 212 Å². The molecule has 0 aliphatic heterocycles. The van der Waals surface area contributed by atoms with Gasteiger partial charge in [-0.05, 0) is 70.6 Å². The summed E-state index contributed by atoms with van der Waals surface area (Å²) in [5, 5.41) is 23.2. The molecule has 0 aliphatic carbocycles. The van der Waals surface area contributed by atoms with Crippen molar-refractivity contribution in [3.63, 3.8) is 0 Å². The molecule has 0 fully saturated rings. The monoisotopic (exact) mass is 860 g/mol. The zero-order valence-corrected chi connectivity index (χ0v) is 40.9. The molecule has 0 radical (unpaired) electrons. The van der Waals surface area contributed by atoms with Gasteiger partial charge in [0.25, 0.3) is 0 Å². The average Bonchev–Trinajstić information content (AvgIpc) is 3.26. The van der Waals surface area contributed by atoms with Crippen LogP contribution in [-0.4, -0.2) is 47.4 Å². The Morgan fingerprint density at radius 2 is 0.787 bits per heavy atom. The van der Waals surface area contributed by atoms with E-state index < -0.39 is 12.1 Å². The summed E-state index contributed by atoms with van der Waals surface area (Å²) < 4.78 is 5.44. The van der Waals surface area contributed by atoms with Gasteiger partial charge in [-0.15, -0.1) is 0 Å². The Kier molecular flexibility index (Phi) is 49.6. The normalized spacial score (nSPS) is 12.8. The van der Waals surface area contributed by atoms with Crippen molar-refractivity contribution >= 4 is 11.9 Å². The first-order valence-electron chi connectivity index (χ1n) is 27.1. The van der Waals surface area contributed by atoms with Gasteiger partial charge in [0.15, 0.2) is 0 Å². The van der Waals surface area contributed by atoms with Gasteiger partial charge in [0.1, 0.15) is 0 Å². The first kappa shape index (κ1) is 59.3. The van der Waals surface area contributed by atoms with Crippen LogP contribution in [0.4, 0.5) is 0 Å². The van der Waals surface area contributed by atoms with Crippen molar-refractivity contribution in [1.82, 2.24) is 5.32 Å². The van der Waals surface area contributed by atoms with Crippen molar-refractivity contribution in [2.45, 2.75) is 302 Å². The molecule has 0 rings (SSSR count). The smallest absolute Gasteiger partial charge is 0.305 e. The van der Waals surface area contributed by atoms with Gasteiger partial charge in [-0.25, -0.2) is 0 Å². The summed E-state index contributed by atoms with van der Waals surface area (Å²) >= 11 is 0. The summed E-state index contributed by atoms with van der Waals surface area (Å²) in [6, 6.07) is -0.548. The number of carbonyl (C=O) groups is 2. The molecule has 6 heteroatoms. The SMILES string of the molecule is CCCC/C=C\CCCCCCCC(=O)OCCCCCCCCCC/C=C\CCCCCCCCCC(=O)NC(CO)C(O)CCCCCCCCCCCCCCCC. The third-order valence-electron chi connectivity index (χ3n) is 12.5. The van der Waals surface area contributed by atoms with E-state index >= 15 is 0 Å². The van der Waals surface area contributed by atoms with Crippen LogP contribution in [0.5, 0.6) is 0 Å². The second-order valence-corrected chi connectivity index (χ2v) is 18.6. The summed E-state index contributed by atoms with van der Waals surface area (Å²) in [6.07, 6.45) is 60.1. The molecule has 6 nitrogen and oxygen atoms in total. The van der Waals surface area contributed by atoms with Crippen LogP contribution in [0.2, 0.25) is 0 Å². The maximum atomic E-state index is 12.4. The lowest BCUT2D eigenvalue weighted by Crippen LogP contribution is -2.45. The van der Waals surface area contributed by atoms with Crippen molar-refractivity contribution in [3.8, 4) is 0 Å². The molecule has 0 aliphatic rings. The zero-order valence-electron chi connectivity index (χ0n) is 40.9. The molecule has 0 saturated heterocycles. The van der Waals surface area contributed by atoms with E-state index in [-0.39, 0.29) is 18.5 Å². The number of nitrogens with one attached hydrogen (secondary N) is 1. The Bertz CT molecular complexity index is 951. The predicted molar refractivity (Wildman–Crippen MR) is 264 cm³/mol. The fraction of sp³-hybridized carbons (Fsp3) is 0.891. The molecule has 2 atom stereocenters. The Labute approximate surface area is 380 Å². The van der Waals surface area contributed by atoms with E-state index in [4.69, 9.17) is 4.74 Å². The van der Waals surface area contributed by atoms with Crippen LogP contribution in [0.1, 0.15) is 290 Å². The quantitative estimate of drug-likeness (QED) is 0.0322. The van der Waals surface area contributed by atoms with E-state index in [2.05, 4.69) is 43.5 Å². The van der Waals surface area contributed by atoms with Gasteiger partial charge in [0, 0.05) is 12.8 Å². The van der Waals surface area contributed by atoms with E-state index in [1.807, 2.05) is 0 Å². The van der Waals surface area contributed by atoms with Crippen LogP contribution in [0.3, 0.4) is 0 Å². The molecular formula is C55H105NO5. The van der Waals surface area contributed by atoms with Crippen LogP contribution in [0.15, 0.2) is 24.3 Å². The highest BCUT2D eigenvalue weighted by atomic mass is 16.5. The summed E-state index contributed by atoms with van der Waals surface area (Å²) in [6.45, 7) is 4.90. The number of aliphatic hydroxyl groups is 2. The minimum Gasteiger partial charge on any atom is -0.466 e. The molecule has 61 heavy (non-hydrogen) atoms. The number of aliphatic hydroxyl groups excluding tert-OH is 2. The Hall–Kier alpha value is -1.66. The molecule has 0 heterocycles. The molecule has 0 aromatic heterocycles. The number of ether oxygens (including phenoxy) is 1. The molecule has 0 saturated carbocycles. The van der Waals surface area contributed by atoms with Gasteiger partial charge < -0.3 is 20.3 Å². The van der Waals surface area contributed by atoms with Crippen LogP contribution < -0.4 is 5.32 Å². The maximum Gasteiger partial charge on any atom is 0.305 e. The van der Waals surface area contributed by atoms with Gasteiger partial charge in [-0.1, -0.05) is 231 Å². The van der Waals surface area contributed by atoms with Gasteiger partial charge in [-0.3, -0.25) is 9.59 Å². The van der Waals surface area contributed by atoms with Gasteiger partial charge in [0.05, 0.1) is 25.4 Å². The number of carbonyl (C=O) groups excluding carboxylic acids is 2. The molecular weight excluding hydrogens is 755 g/mol. The second kappa shape index (κ2) is 51.0.